The zero-order chi connectivity index (χ0) is 18.0. The van der Waals surface area contributed by atoms with E-state index in [0.717, 1.165) is 10.9 Å². The van der Waals surface area contributed by atoms with E-state index in [1.165, 1.54) is 28.7 Å². The fraction of sp³-hybridized carbons (Fsp3) is 0.316. The van der Waals surface area contributed by atoms with Gasteiger partial charge in [-0.15, -0.1) is 0 Å². The summed E-state index contributed by atoms with van der Waals surface area (Å²) in [6, 6.07) is 12.5. The van der Waals surface area contributed by atoms with E-state index < -0.39 is 5.97 Å². The number of carboxylic acid groups (broad SMARTS) is 1. The molecule has 0 heterocycles. The number of amidine groups is 2. The molecule has 5 nitrogen and oxygen atoms in total. The standard InChI is InChI=1S/C19H20BrN3O2/c20-19(22)23(17(21)9-10-18(24)25)11-13-7-8-15(12-5-6-12)16-4-2-1-3-14(13)16/h1-4,7-8,12,21-22H,5-6,9-11H2,(H,24,25). The number of aliphatic carboxylic acids is 1. The number of nitrogens with zero attached hydrogens (tertiary/aromatic N) is 1. The summed E-state index contributed by atoms with van der Waals surface area (Å²) < 4.78 is 0.0678. The monoisotopic (exact) mass is 401 g/mol. The largest absolute Gasteiger partial charge is 0.481 e. The Hall–Kier alpha value is -2.21. The van der Waals surface area contributed by atoms with Crippen molar-refractivity contribution < 1.29 is 9.90 Å². The molecule has 3 N–H and O–H groups in total. The molecule has 2 aromatic rings. The molecule has 0 unspecified atom stereocenters. The van der Waals surface area contributed by atoms with Crippen LogP contribution in [0.5, 0.6) is 0 Å². The molecule has 3 rings (SSSR count). The Morgan fingerprint density at radius 3 is 2.40 bits per heavy atom. The Morgan fingerprint density at radius 1 is 1.12 bits per heavy atom. The average Bonchev–Trinajstić information content (AvgIpc) is 3.42. The van der Waals surface area contributed by atoms with Crippen LogP contribution in [-0.4, -0.2) is 26.6 Å². The number of nitrogens with one attached hydrogen (secondary N) is 2. The molecule has 1 aliphatic carbocycles. The van der Waals surface area contributed by atoms with E-state index in [1.807, 2.05) is 12.1 Å². The van der Waals surface area contributed by atoms with Gasteiger partial charge in [-0.05, 0) is 56.6 Å². The highest BCUT2D eigenvalue weighted by Crippen LogP contribution is 2.43. The number of fused-ring (bicyclic) bond motifs is 1. The first-order valence-corrected chi connectivity index (χ1v) is 9.08. The van der Waals surface area contributed by atoms with Gasteiger partial charge in [-0.25, -0.2) is 0 Å². The second kappa shape index (κ2) is 7.35. The lowest BCUT2D eigenvalue weighted by Crippen LogP contribution is -2.32. The van der Waals surface area contributed by atoms with Crippen LogP contribution >= 0.6 is 15.9 Å². The van der Waals surface area contributed by atoms with Crippen molar-refractivity contribution in [1.29, 1.82) is 10.8 Å². The Bertz CT molecular complexity index is 846. The molecule has 0 spiro atoms. The van der Waals surface area contributed by atoms with Gasteiger partial charge in [0.05, 0.1) is 13.0 Å². The molecule has 6 heteroatoms. The second-order valence-electron chi connectivity index (χ2n) is 6.35. The molecule has 0 aliphatic heterocycles. The average molecular weight is 402 g/mol. The van der Waals surface area contributed by atoms with Crippen molar-refractivity contribution in [2.24, 2.45) is 0 Å². The molecule has 25 heavy (non-hydrogen) atoms. The maximum atomic E-state index is 10.8. The Morgan fingerprint density at radius 2 is 1.80 bits per heavy atom. The van der Waals surface area contributed by atoms with Crippen LogP contribution in [0.4, 0.5) is 0 Å². The highest BCUT2D eigenvalue weighted by atomic mass is 79.9. The second-order valence-corrected chi connectivity index (χ2v) is 7.10. The maximum absolute atomic E-state index is 10.8. The van der Waals surface area contributed by atoms with E-state index in [-0.39, 0.29) is 23.4 Å². The van der Waals surface area contributed by atoms with Gasteiger partial charge >= 0.3 is 5.97 Å². The quantitative estimate of drug-likeness (QED) is 0.372. The minimum Gasteiger partial charge on any atom is -0.481 e. The van der Waals surface area contributed by atoms with E-state index in [9.17, 15) is 4.79 Å². The van der Waals surface area contributed by atoms with Crippen LogP contribution in [0.15, 0.2) is 36.4 Å². The summed E-state index contributed by atoms with van der Waals surface area (Å²) >= 11 is 3.14. The summed E-state index contributed by atoms with van der Waals surface area (Å²) in [5, 5.41) is 27.2. The molecule has 0 saturated heterocycles. The number of benzene rings is 2. The molecule has 130 valence electrons. The van der Waals surface area contributed by atoms with Gasteiger partial charge in [0.25, 0.3) is 0 Å². The van der Waals surface area contributed by atoms with Crippen LogP contribution in [0.3, 0.4) is 0 Å². The summed E-state index contributed by atoms with van der Waals surface area (Å²) in [6.07, 6.45) is 2.46. The molecule has 1 saturated carbocycles. The Balaban J connectivity index is 1.90. The number of carboxylic acids is 1. The van der Waals surface area contributed by atoms with E-state index in [4.69, 9.17) is 15.9 Å². The van der Waals surface area contributed by atoms with Gasteiger partial charge in [0.1, 0.15) is 5.84 Å². The lowest BCUT2D eigenvalue weighted by atomic mass is 9.96. The van der Waals surface area contributed by atoms with Crippen molar-refractivity contribution in [3.63, 3.8) is 0 Å². The summed E-state index contributed by atoms with van der Waals surface area (Å²) in [4.78, 5) is 12.3. The van der Waals surface area contributed by atoms with Crippen LogP contribution in [-0.2, 0) is 11.3 Å². The van der Waals surface area contributed by atoms with E-state index >= 15 is 0 Å². The van der Waals surface area contributed by atoms with Crippen molar-refractivity contribution in [2.45, 2.75) is 38.1 Å². The molecule has 1 aliphatic rings. The summed E-state index contributed by atoms with van der Waals surface area (Å²) in [6.45, 7) is 0.369. The van der Waals surface area contributed by atoms with Gasteiger partial charge in [-0.2, -0.15) is 0 Å². The molecule has 0 atom stereocenters. The number of hydrogen-bond acceptors (Lipinski definition) is 3. The number of carbonyl (C=O) groups is 1. The smallest absolute Gasteiger partial charge is 0.303 e. The fourth-order valence-electron chi connectivity index (χ4n) is 3.09. The first-order valence-electron chi connectivity index (χ1n) is 8.28. The lowest BCUT2D eigenvalue weighted by Gasteiger charge is -2.24. The van der Waals surface area contributed by atoms with E-state index in [0.29, 0.717) is 12.5 Å². The van der Waals surface area contributed by atoms with Crippen LogP contribution in [0.1, 0.15) is 42.7 Å². The van der Waals surface area contributed by atoms with Gasteiger partial charge in [-0.1, -0.05) is 36.4 Å². The van der Waals surface area contributed by atoms with Gasteiger partial charge < -0.3 is 10.0 Å². The fourth-order valence-corrected chi connectivity index (χ4v) is 3.43. The predicted molar refractivity (Wildman–Crippen MR) is 103 cm³/mol. The molecular weight excluding hydrogens is 382 g/mol. The van der Waals surface area contributed by atoms with E-state index in [1.54, 1.807) is 0 Å². The van der Waals surface area contributed by atoms with Gasteiger partial charge in [-0.3, -0.25) is 15.6 Å². The van der Waals surface area contributed by atoms with Gasteiger partial charge in [0.2, 0.25) is 0 Å². The van der Waals surface area contributed by atoms with Gasteiger partial charge in [0, 0.05) is 6.42 Å². The van der Waals surface area contributed by atoms with Crippen LogP contribution in [0.2, 0.25) is 0 Å². The number of hydrogen-bond donors (Lipinski definition) is 3. The number of rotatable bonds is 6. The summed E-state index contributed by atoms with van der Waals surface area (Å²) in [5.41, 5.74) is 2.41. The van der Waals surface area contributed by atoms with Crippen LogP contribution in [0.25, 0.3) is 10.8 Å². The zero-order valence-corrected chi connectivity index (χ0v) is 15.3. The van der Waals surface area contributed by atoms with Crippen molar-refractivity contribution in [2.75, 3.05) is 0 Å². The minimum absolute atomic E-state index is 0.0678. The van der Waals surface area contributed by atoms with Crippen molar-refractivity contribution in [1.82, 2.24) is 4.90 Å². The summed E-state index contributed by atoms with van der Waals surface area (Å²) in [7, 11) is 0. The molecule has 0 bridgehead atoms. The normalized spacial score (nSPS) is 13.6. The molecule has 1 fully saturated rings. The van der Waals surface area contributed by atoms with Crippen LogP contribution in [0, 0.1) is 10.8 Å². The van der Waals surface area contributed by atoms with Crippen molar-refractivity contribution in [3.05, 3.63) is 47.5 Å². The van der Waals surface area contributed by atoms with Crippen LogP contribution < -0.4 is 0 Å². The molecule has 0 aromatic heterocycles. The number of halogens is 1. The third-order valence-electron chi connectivity index (χ3n) is 4.53. The maximum Gasteiger partial charge on any atom is 0.303 e. The predicted octanol–water partition coefficient (Wildman–Crippen LogP) is 4.69. The molecular formula is C19H20BrN3O2. The van der Waals surface area contributed by atoms with Crippen molar-refractivity contribution >= 4 is 43.3 Å². The SMILES string of the molecule is N=C(Br)N(Cc1ccc(C2CC2)c2ccccc12)C(=N)CCC(=O)O. The zero-order valence-electron chi connectivity index (χ0n) is 13.8. The highest BCUT2D eigenvalue weighted by molar-refractivity contribution is 9.18. The van der Waals surface area contributed by atoms with Crippen molar-refractivity contribution in [3.8, 4) is 0 Å². The lowest BCUT2D eigenvalue weighted by molar-refractivity contribution is -0.136. The third-order valence-corrected chi connectivity index (χ3v) is 4.96. The Kier molecular flexibility index (Phi) is 5.18. The third kappa shape index (κ3) is 4.07. The minimum atomic E-state index is -0.940. The molecule has 0 amide bonds. The molecule has 0 radical (unpaired) electrons. The molecule has 2 aromatic carbocycles. The topological polar surface area (TPSA) is 88.2 Å². The Labute approximate surface area is 154 Å². The van der Waals surface area contributed by atoms with E-state index in [2.05, 4.69) is 40.2 Å². The summed E-state index contributed by atoms with van der Waals surface area (Å²) in [5.74, 6) is -0.164. The van der Waals surface area contributed by atoms with Gasteiger partial charge in [0.15, 0.2) is 4.74 Å². The first kappa shape index (κ1) is 17.6. The highest BCUT2D eigenvalue weighted by Gasteiger charge is 2.26. The first-order chi connectivity index (χ1) is 12.0.